The Morgan fingerprint density at radius 3 is 2.00 bits per heavy atom. The van der Waals surface area contributed by atoms with Crippen LogP contribution in [0.3, 0.4) is 0 Å². The van der Waals surface area contributed by atoms with E-state index in [-0.39, 0.29) is 5.48 Å². The molecule has 9 heavy (non-hydrogen) atoms. The molecule has 0 aliphatic heterocycles. The Hall–Kier alpha value is -0.570. The topological polar surface area (TPSA) is 69.9 Å². The largest absolute Gasteiger partial charge is 0.412 e. The van der Waals surface area contributed by atoms with Crippen LogP contribution in [0.4, 0.5) is 0 Å². The standard InChI is InChI=1S/C6H12N2.H2O/c7-8-6-4-2-1-3-5-6;/h1-5,7H2;1H2. The van der Waals surface area contributed by atoms with Gasteiger partial charge in [-0.25, -0.2) is 0 Å². The average Bonchev–Trinajstić information content (AvgIpc) is 1.90. The highest BCUT2D eigenvalue weighted by Gasteiger charge is 2.04. The lowest BCUT2D eigenvalue weighted by Gasteiger charge is -2.09. The maximum absolute atomic E-state index is 5.09. The summed E-state index contributed by atoms with van der Waals surface area (Å²) in [5, 5.41) is 3.66. The van der Waals surface area contributed by atoms with Crippen LogP contribution in [0, 0.1) is 0 Å². The monoisotopic (exact) mass is 130 g/mol. The van der Waals surface area contributed by atoms with Gasteiger partial charge >= 0.3 is 0 Å². The molecule has 54 valence electrons. The third-order valence-electron chi connectivity index (χ3n) is 1.61. The van der Waals surface area contributed by atoms with Gasteiger partial charge in [0, 0.05) is 5.71 Å². The molecule has 0 aromatic rings. The van der Waals surface area contributed by atoms with Crippen molar-refractivity contribution in [2.24, 2.45) is 10.9 Å². The molecule has 1 saturated carbocycles. The summed E-state index contributed by atoms with van der Waals surface area (Å²) in [4.78, 5) is 0. The van der Waals surface area contributed by atoms with Crippen LogP contribution in [-0.2, 0) is 0 Å². The van der Waals surface area contributed by atoms with Crippen LogP contribution >= 0.6 is 0 Å². The first-order valence-electron chi connectivity index (χ1n) is 3.19. The van der Waals surface area contributed by atoms with Gasteiger partial charge in [-0.2, -0.15) is 5.10 Å². The van der Waals surface area contributed by atoms with E-state index >= 15 is 0 Å². The molecule has 1 aliphatic rings. The quantitative estimate of drug-likeness (QED) is 0.375. The molecular formula is C6H14N2O. The summed E-state index contributed by atoms with van der Waals surface area (Å²) in [6, 6.07) is 0. The van der Waals surface area contributed by atoms with E-state index in [4.69, 9.17) is 5.84 Å². The van der Waals surface area contributed by atoms with Crippen molar-refractivity contribution in [1.29, 1.82) is 0 Å². The van der Waals surface area contributed by atoms with Gasteiger partial charge in [0.15, 0.2) is 0 Å². The first-order valence-corrected chi connectivity index (χ1v) is 3.19. The Balaban J connectivity index is 0.000000640. The summed E-state index contributed by atoms with van der Waals surface area (Å²) in [5.41, 5.74) is 1.20. The molecule has 0 bridgehead atoms. The van der Waals surface area contributed by atoms with Crippen LogP contribution in [-0.4, -0.2) is 11.2 Å². The van der Waals surface area contributed by atoms with Crippen molar-refractivity contribution in [3.05, 3.63) is 0 Å². The zero-order valence-electron chi connectivity index (χ0n) is 5.56. The number of nitrogens with zero attached hydrogens (tertiary/aromatic N) is 1. The van der Waals surface area contributed by atoms with Gasteiger partial charge in [-0.15, -0.1) is 0 Å². The van der Waals surface area contributed by atoms with E-state index in [0.29, 0.717) is 0 Å². The number of hydrazone groups is 1. The molecule has 0 aromatic heterocycles. The maximum atomic E-state index is 5.09. The third-order valence-corrected chi connectivity index (χ3v) is 1.61. The molecule has 3 nitrogen and oxygen atoms in total. The van der Waals surface area contributed by atoms with Gasteiger partial charge in [-0.3, -0.25) is 0 Å². The number of hydrogen-bond acceptors (Lipinski definition) is 2. The highest BCUT2D eigenvalue weighted by molar-refractivity contribution is 5.84. The molecule has 0 atom stereocenters. The highest BCUT2D eigenvalue weighted by Crippen LogP contribution is 2.13. The number of hydrogen-bond donors (Lipinski definition) is 1. The lowest BCUT2D eigenvalue weighted by atomic mass is 9.99. The summed E-state index contributed by atoms with van der Waals surface area (Å²) >= 11 is 0. The van der Waals surface area contributed by atoms with Crippen molar-refractivity contribution in [1.82, 2.24) is 0 Å². The van der Waals surface area contributed by atoms with Crippen molar-refractivity contribution >= 4 is 5.71 Å². The van der Waals surface area contributed by atoms with Crippen LogP contribution in [0.2, 0.25) is 0 Å². The fourth-order valence-corrected chi connectivity index (χ4v) is 1.09. The summed E-state index contributed by atoms with van der Waals surface area (Å²) in [6.45, 7) is 0. The first-order chi connectivity index (χ1) is 3.93. The smallest absolute Gasteiger partial charge is 0.0375 e. The van der Waals surface area contributed by atoms with Gasteiger partial charge in [-0.1, -0.05) is 6.42 Å². The van der Waals surface area contributed by atoms with E-state index in [9.17, 15) is 0 Å². The Labute approximate surface area is 55.2 Å². The van der Waals surface area contributed by atoms with Gasteiger partial charge in [0.05, 0.1) is 0 Å². The molecule has 0 saturated heterocycles. The predicted molar refractivity (Wildman–Crippen MR) is 38.3 cm³/mol. The number of nitrogens with two attached hydrogens (primary N) is 1. The number of rotatable bonds is 0. The minimum absolute atomic E-state index is 0. The fourth-order valence-electron chi connectivity index (χ4n) is 1.09. The summed E-state index contributed by atoms with van der Waals surface area (Å²) < 4.78 is 0. The Kier molecular flexibility index (Phi) is 4.05. The second-order valence-electron chi connectivity index (χ2n) is 2.26. The molecule has 0 unspecified atom stereocenters. The zero-order valence-corrected chi connectivity index (χ0v) is 5.56. The lowest BCUT2D eigenvalue weighted by Crippen LogP contribution is -2.06. The van der Waals surface area contributed by atoms with E-state index in [1.807, 2.05) is 0 Å². The SMILES string of the molecule is NN=C1CCCCC1.O. The van der Waals surface area contributed by atoms with Crippen LogP contribution in [0.1, 0.15) is 32.1 Å². The van der Waals surface area contributed by atoms with Crippen molar-refractivity contribution in [3.8, 4) is 0 Å². The molecule has 0 spiro atoms. The van der Waals surface area contributed by atoms with Crippen molar-refractivity contribution < 1.29 is 5.48 Å². The minimum Gasteiger partial charge on any atom is -0.412 e. The Morgan fingerprint density at radius 2 is 1.67 bits per heavy atom. The van der Waals surface area contributed by atoms with Gasteiger partial charge < -0.3 is 11.3 Å². The van der Waals surface area contributed by atoms with Gasteiger partial charge in [0.2, 0.25) is 0 Å². The van der Waals surface area contributed by atoms with E-state index < -0.39 is 0 Å². The molecule has 0 radical (unpaired) electrons. The highest BCUT2D eigenvalue weighted by atomic mass is 16.0. The summed E-state index contributed by atoms with van der Waals surface area (Å²) in [5.74, 6) is 5.09. The average molecular weight is 130 g/mol. The van der Waals surface area contributed by atoms with Gasteiger partial charge in [0.25, 0.3) is 0 Å². The molecule has 0 aromatic carbocycles. The van der Waals surface area contributed by atoms with Crippen LogP contribution in [0.15, 0.2) is 5.10 Å². The van der Waals surface area contributed by atoms with Crippen molar-refractivity contribution in [2.45, 2.75) is 32.1 Å². The van der Waals surface area contributed by atoms with E-state index in [0.717, 1.165) is 12.8 Å². The van der Waals surface area contributed by atoms with Crippen molar-refractivity contribution in [2.75, 3.05) is 0 Å². The van der Waals surface area contributed by atoms with Crippen LogP contribution in [0.25, 0.3) is 0 Å². The van der Waals surface area contributed by atoms with E-state index in [1.165, 1.54) is 25.0 Å². The van der Waals surface area contributed by atoms with Crippen LogP contribution < -0.4 is 5.84 Å². The lowest BCUT2D eigenvalue weighted by molar-refractivity contribution is 0.664. The van der Waals surface area contributed by atoms with E-state index in [1.54, 1.807) is 0 Å². The maximum Gasteiger partial charge on any atom is 0.0375 e. The first kappa shape index (κ1) is 8.43. The Bertz CT molecular complexity index is 93.2. The normalized spacial score (nSPS) is 18.4. The predicted octanol–water partition coefficient (Wildman–Crippen LogP) is 0.441. The molecule has 4 N–H and O–H groups in total. The minimum atomic E-state index is 0. The fraction of sp³-hybridized carbons (Fsp3) is 0.833. The Morgan fingerprint density at radius 1 is 1.11 bits per heavy atom. The molecule has 1 aliphatic carbocycles. The van der Waals surface area contributed by atoms with Crippen LogP contribution in [0.5, 0.6) is 0 Å². The molecule has 1 rings (SSSR count). The third kappa shape index (κ3) is 2.46. The molecular weight excluding hydrogens is 116 g/mol. The molecule has 0 heterocycles. The summed E-state index contributed by atoms with van der Waals surface area (Å²) in [6.07, 6.45) is 6.21. The van der Waals surface area contributed by atoms with Gasteiger partial charge in [0.1, 0.15) is 0 Å². The molecule has 1 fully saturated rings. The second-order valence-corrected chi connectivity index (χ2v) is 2.26. The van der Waals surface area contributed by atoms with Gasteiger partial charge in [-0.05, 0) is 25.7 Å². The van der Waals surface area contributed by atoms with Crippen molar-refractivity contribution in [3.63, 3.8) is 0 Å². The molecule has 3 heteroatoms. The zero-order chi connectivity index (χ0) is 5.82. The molecule has 0 amide bonds. The summed E-state index contributed by atoms with van der Waals surface area (Å²) in [7, 11) is 0. The second kappa shape index (κ2) is 4.32. The van der Waals surface area contributed by atoms with E-state index in [2.05, 4.69) is 5.10 Å².